The first-order chi connectivity index (χ1) is 9.31. The van der Waals surface area contributed by atoms with Crippen LogP contribution in [-0.2, 0) is 6.42 Å². The highest BCUT2D eigenvalue weighted by Gasteiger charge is 2.15. The standard InChI is InChI=1S/C16H20FNS/c1-2-18-11-14(8-7-13-9-10-19-12-13)15-5-3-4-6-16(15)17/h3-6,9-10,12,14,18H,2,7-8,11H2,1H3. The fraction of sp³-hybridized carbons (Fsp3) is 0.375. The van der Waals surface area contributed by atoms with Crippen LogP contribution in [0.2, 0.25) is 0 Å². The van der Waals surface area contributed by atoms with E-state index in [9.17, 15) is 4.39 Å². The third kappa shape index (κ3) is 4.15. The van der Waals surface area contributed by atoms with E-state index >= 15 is 0 Å². The van der Waals surface area contributed by atoms with Gasteiger partial charge in [-0.25, -0.2) is 4.39 Å². The number of aryl methyl sites for hydroxylation is 1. The number of halogens is 1. The van der Waals surface area contributed by atoms with Crippen LogP contribution in [0.4, 0.5) is 4.39 Å². The minimum absolute atomic E-state index is 0.0873. The molecule has 1 nitrogen and oxygen atoms in total. The molecular formula is C16H20FNS. The molecule has 1 atom stereocenters. The third-order valence-electron chi connectivity index (χ3n) is 3.35. The van der Waals surface area contributed by atoms with Crippen molar-refractivity contribution in [2.24, 2.45) is 0 Å². The van der Waals surface area contributed by atoms with Crippen LogP contribution in [0.25, 0.3) is 0 Å². The van der Waals surface area contributed by atoms with Crippen LogP contribution in [0.5, 0.6) is 0 Å². The van der Waals surface area contributed by atoms with Gasteiger partial charge < -0.3 is 5.32 Å². The molecule has 0 saturated carbocycles. The first-order valence-corrected chi connectivity index (χ1v) is 7.71. The molecule has 1 aromatic carbocycles. The largest absolute Gasteiger partial charge is 0.316 e. The Morgan fingerprint density at radius 1 is 1.26 bits per heavy atom. The molecule has 102 valence electrons. The molecule has 1 N–H and O–H groups in total. The Labute approximate surface area is 118 Å². The van der Waals surface area contributed by atoms with E-state index < -0.39 is 0 Å². The quantitative estimate of drug-likeness (QED) is 0.799. The van der Waals surface area contributed by atoms with E-state index in [-0.39, 0.29) is 11.7 Å². The summed E-state index contributed by atoms with van der Waals surface area (Å²) in [6.07, 6.45) is 1.98. The number of benzene rings is 1. The highest BCUT2D eigenvalue weighted by Crippen LogP contribution is 2.24. The molecule has 0 aliphatic carbocycles. The van der Waals surface area contributed by atoms with Crippen molar-refractivity contribution >= 4 is 11.3 Å². The molecule has 0 spiro atoms. The first kappa shape index (κ1) is 14.2. The van der Waals surface area contributed by atoms with Crippen molar-refractivity contribution in [3.05, 3.63) is 58.0 Å². The molecule has 2 aromatic rings. The van der Waals surface area contributed by atoms with Gasteiger partial charge in [-0.1, -0.05) is 25.1 Å². The lowest BCUT2D eigenvalue weighted by atomic mass is 9.92. The Morgan fingerprint density at radius 3 is 2.79 bits per heavy atom. The molecular weight excluding hydrogens is 257 g/mol. The van der Waals surface area contributed by atoms with Gasteiger partial charge in [-0.2, -0.15) is 11.3 Å². The predicted octanol–water partition coefficient (Wildman–Crippen LogP) is 4.21. The lowest BCUT2D eigenvalue weighted by Crippen LogP contribution is -2.22. The van der Waals surface area contributed by atoms with Crippen LogP contribution < -0.4 is 5.32 Å². The van der Waals surface area contributed by atoms with Crippen molar-refractivity contribution in [1.29, 1.82) is 0 Å². The Bertz CT molecular complexity index is 481. The number of nitrogens with one attached hydrogen (secondary N) is 1. The molecule has 0 amide bonds. The van der Waals surface area contributed by atoms with E-state index in [1.54, 1.807) is 23.5 Å². The highest BCUT2D eigenvalue weighted by atomic mass is 32.1. The lowest BCUT2D eigenvalue weighted by molar-refractivity contribution is 0.523. The van der Waals surface area contributed by atoms with Crippen molar-refractivity contribution in [1.82, 2.24) is 5.32 Å². The van der Waals surface area contributed by atoms with Gasteiger partial charge in [-0.15, -0.1) is 0 Å². The van der Waals surface area contributed by atoms with Crippen LogP contribution in [0.15, 0.2) is 41.1 Å². The molecule has 0 saturated heterocycles. The Balaban J connectivity index is 2.05. The van der Waals surface area contributed by atoms with Gasteiger partial charge >= 0.3 is 0 Å². The average Bonchev–Trinajstić information content (AvgIpc) is 2.93. The maximum absolute atomic E-state index is 13.9. The fourth-order valence-electron chi connectivity index (χ4n) is 2.27. The summed E-state index contributed by atoms with van der Waals surface area (Å²) in [5.74, 6) is 0.150. The number of likely N-dealkylation sites (N-methyl/N-ethyl adjacent to an activating group) is 1. The summed E-state index contributed by atoms with van der Waals surface area (Å²) in [7, 11) is 0. The normalized spacial score (nSPS) is 12.5. The fourth-order valence-corrected chi connectivity index (χ4v) is 2.97. The van der Waals surface area contributed by atoms with E-state index in [2.05, 4.69) is 29.1 Å². The Hall–Kier alpha value is -1.19. The van der Waals surface area contributed by atoms with Crippen LogP contribution in [0.1, 0.15) is 30.4 Å². The average molecular weight is 277 g/mol. The van der Waals surface area contributed by atoms with Crippen LogP contribution in [0.3, 0.4) is 0 Å². The number of hydrogen-bond donors (Lipinski definition) is 1. The van der Waals surface area contributed by atoms with Crippen molar-refractivity contribution < 1.29 is 4.39 Å². The molecule has 0 aliphatic heterocycles. The number of rotatable bonds is 7. The van der Waals surface area contributed by atoms with Gasteiger partial charge in [0.05, 0.1) is 0 Å². The van der Waals surface area contributed by atoms with Crippen LogP contribution in [0, 0.1) is 5.82 Å². The zero-order valence-electron chi connectivity index (χ0n) is 11.2. The third-order valence-corrected chi connectivity index (χ3v) is 4.08. The molecule has 0 radical (unpaired) electrons. The Kier molecular flexibility index (Phi) is 5.55. The number of hydrogen-bond acceptors (Lipinski definition) is 2. The summed E-state index contributed by atoms with van der Waals surface area (Å²) in [5, 5.41) is 7.61. The molecule has 3 heteroatoms. The van der Waals surface area contributed by atoms with Gasteiger partial charge in [-0.05, 0) is 59.3 Å². The Morgan fingerprint density at radius 2 is 2.11 bits per heavy atom. The van der Waals surface area contributed by atoms with E-state index in [1.807, 2.05) is 12.1 Å². The summed E-state index contributed by atoms with van der Waals surface area (Å²) < 4.78 is 13.9. The second-order valence-corrected chi connectivity index (χ2v) is 5.48. The van der Waals surface area contributed by atoms with Gasteiger partial charge in [0.1, 0.15) is 5.82 Å². The van der Waals surface area contributed by atoms with Crippen molar-refractivity contribution in [2.75, 3.05) is 13.1 Å². The number of thiophene rings is 1. The minimum Gasteiger partial charge on any atom is -0.316 e. The van der Waals surface area contributed by atoms with E-state index in [4.69, 9.17) is 0 Å². The molecule has 2 rings (SSSR count). The van der Waals surface area contributed by atoms with Gasteiger partial charge in [0.25, 0.3) is 0 Å². The van der Waals surface area contributed by atoms with Gasteiger partial charge in [-0.3, -0.25) is 0 Å². The summed E-state index contributed by atoms with van der Waals surface area (Å²) in [6, 6.07) is 9.28. The summed E-state index contributed by atoms with van der Waals surface area (Å²) in [6.45, 7) is 3.84. The minimum atomic E-state index is -0.0873. The molecule has 1 aromatic heterocycles. The molecule has 1 heterocycles. The van der Waals surface area contributed by atoms with Crippen molar-refractivity contribution in [3.63, 3.8) is 0 Å². The van der Waals surface area contributed by atoms with E-state index in [0.717, 1.165) is 31.5 Å². The summed E-state index contributed by atoms with van der Waals surface area (Å²) in [4.78, 5) is 0. The maximum Gasteiger partial charge on any atom is 0.126 e. The molecule has 19 heavy (non-hydrogen) atoms. The van der Waals surface area contributed by atoms with Gasteiger partial charge in [0.15, 0.2) is 0 Å². The monoisotopic (exact) mass is 277 g/mol. The lowest BCUT2D eigenvalue weighted by Gasteiger charge is -2.18. The highest BCUT2D eigenvalue weighted by molar-refractivity contribution is 7.07. The molecule has 1 unspecified atom stereocenters. The zero-order valence-corrected chi connectivity index (χ0v) is 12.0. The molecule has 0 bridgehead atoms. The molecule has 0 aliphatic rings. The predicted molar refractivity (Wildman–Crippen MR) is 80.3 cm³/mol. The van der Waals surface area contributed by atoms with E-state index in [0.29, 0.717) is 0 Å². The second-order valence-electron chi connectivity index (χ2n) is 4.70. The summed E-state index contributed by atoms with van der Waals surface area (Å²) >= 11 is 1.72. The second kappa shape index (κ2) is 7.41. The van der Waals surface area contributed by atoms with Crippen LogP contribution >= 0.6 is 11.3 Å². The maximum atomic E-state index is 13.9. The van der Waals surface area contributed by atoms with Gasteiger partial charge in [0, 0.05) is 6.54 Å². The van der Waals surface area contributed by atoms with Crippen molar-refractivity contribution in [3.8, 4) is 0 Å². The zero-order chi connectivity index (χ0) is 13.5. The SMILES string of the molecule is CCNCC(CCc1ccsc1)c1ccccc1F. The topological polar surface area (TPSA) is 12.0 Å². The van der Waals surface area contributed by atoms with Crippen LogP contribution in [-0.4, -0.2) is 13.1 Å². The molecule has 0 fully saturated rings. The van der Waals surface area contributed by atoms with E-state index in [1.165, 1.54) is 5.56 Å². The first-order valence-electron chi connectivity index (χ1n) is 6.77. The van der Waals surface area contributed by atoms with Gasteiger partial charge in [0.2, 0.25) is 0 Å². The summed E-state index contributed by atoms with van der Waals surface area (Å²) in [5.41, 5.74) is 2.18. The van der Waals surface area contributed by atoms with Crippen molar-refractivity contribution in [2.45, 2.75) is 25.7 Å². The smallest absolute Gasteiger partial charge is 0.126 e.